The van der Waals surface area contributed by atoms with Crippen molar-refractivity contribution in [2.75, 3.05) is 13.2 Å². The summed E-state index contributed by atoms with van der Waals surface area (Å²) in [6, 6.07) is 0.731. The van der Waals surface area contributed by atoms with Gasteiger partial charge in [0.05, 0.1) is 6.10 Å². The standard InChI is InChI=1S/C12H23NO/c1-2-12-8-11(6-7-14-12)13-9-10-4-3-5-10/h10-13H,2-9H2,1H3. The van der Waals surface area contributed by atoms with Crippen LogP contribution < -0.4 is 5.32 Å². The number of rotatable bonds is 4. The summed E-state index contributed by atoms with van der Waals surface area (Å²) >= 11 is 0. The molecule has 1 N–H and O–H groups in total. The maximum Gasteiger partial charge on any atom is 0.0587 e. The van der Waals surface area contributed by atoms with Crippen LogP contribution in [0.5, 0.6) is 0 Å². The van der Waals surface area contributed by atoms with Gasteiger partial charge in [-0.25, -0.2) is 0 Å². The zero-order valence-corrected chi connectivity index (χ0v) is 9.30. The van der Waals surface area contributed by atoms with E-state index in [4.69, 9.17) is 4.74 Å². The minimum Gasteiger partial charge on any atom is -0.378 e. The van der Waals surface area contributed by atoms with Crippen molar-refractivity contribution in [3.8, 4) is 0 Å². The molecular formula is C12H23NO. The highest BCUT2D eigenvalue weighted by Crippen LogP contribution is 2.26. The van der Waals surface area contributed by atoms with Gasteiger partial charge in [-0.3, -0.25) is 0 Å². The largest absolute Gasteiger partial charge is 0.378 e. The van der Waals surface area contributed by atoms with Gasteiger partial charge in [0.2, 0.25) is 0 Å². The van der Waals surface area contributed by atoms with Gasteiger partial charge in [0, 0.05) is 12.6 Å². The first-order valence-corrected chi connectivity index (χ1v) is 6.23. The van der Waals surface area contributed by atoms with Crippen molar-refractivity contribution < 1.29 is 4.74 Å². The lowest BCUT2D eigenvalue weighted by Gasteiger charge is -2.33. The van der Waals surface area contributed by atoms with Gasteiger partial charge in [0.1, 0.15) is 0 Å². The van der Waals surface area contributed by atoms with Crippen LogP contribution >= 0.6 is 0 Å². The average molecular weight is 197 g/mol. The molecular weight excluding hydrogens is 174 g/mol. The second-order valence-corrected chi connectivity index (χ2v) is 4.83. The van der Waals surface area contributed by atoms with E-state index in [1.807, 2.05) is 0 Å². The second-order valence-electron chi connectivity index (χ2n) is 4.83. The van der Waals surface area contributed by atoms with Gasteiger partial charge >= 0.3 is 0 Å². The summed E-state index contributed by atoms with van der Waals surface area (Å²) in [6.07, 6.45) is 8.48. The van der Waals surface area contributed by atoms with Crippen LogP contribution in [0, 0.1) is 5.92 Å². The van der Waals surface area contributed by atoms with E-state index in [0.29, 0.717) is 6.10 Å². The van der Waals surface area contributed by atoms with Crippen LogP contribution in [0.1, 0.15) is 45.4 Å². The molecule has 1 saturated heterocycles. The Kier molecular flexibility index (Phi) is 3.82. The third-order valence-electron chi connectivity index (χ3n) is 3.74. The minimum absolute atomic E-state index is 0.516. The van der Waals surface area contributed by atoms with E-state index in [-0.39, 0.29) is 0 Å². The van der Waals surface area contributed by atoms with Crippen molar-refractivity contribution in [3.63, 3.8) is 0 Å². The first-order chi connectivity index (χ1) is 6.88. The zero-order chi connectivity index (χ0) is 9.80. The monoisotopic (exact) mass is 197 g/mol. The van der Waals surface area contributed by atoms with E-state index < -0.39 is 0 Å². The molecule has 82 valence electrons. The summed E-state index contributed by atoms with van der Waals surface area (Å²) in [5, 5.41) is 3.71. The van der Waals surface area contributed by atoms with Crippen molar-refractivity contribution in [2.24, 2.45) is 5.92 Å². The van der Waals surface area contributed by atoms with Crippen molar-refractivity contribution in [1.29, 1.82) is 0 Å². The van der Waals surface area contributed by atoms with Crippen molar-refractivity contribution in [2.45, 2.75) is 57.6 Å². The molecule has 2 fully saturated rings. The molecule has 2 unspecified atom stereocenters. The Balaban J connectivity index is 1.63. The average Bonchev–Trinajstić information content (AvgIpc) is 2.16. The summed E-state index contributed by atoms with van der Waals surface area (Å²) in [6.45, 7) is 4.43. The predicted octanol–water partition coefficient (Wildman–Crippen LogP) is 2.33. The lowest BCUT2D eigenvalue weighted by molar-refractivity contribution is -0.00115. The lowest BCUT2D eigenvalue weighted by atomic mass is 9.85. The Morgan fingerprint density at radius 1 is 1.29 bits per heavy atom. The first-order valence-electron chi connectivity index (χ1n) is 6.23. The quantitative estimate of drug-likeness (QED) is 0.747. The SMILES string of the molecule is CCC1CC(NCC2CCC2)CCO1. The van der Waals surface area contributed by atoms with Crippen LogP contribution in [0.3, 0.4) is 0 Å². The summed E-state index contributed by atoms with van der Waals surface area (Å²) in [5.41, 5.74) is 0. The number of hydrogen-bond donors (Lipinski definition) is 1. The number of nitrogens with one attached hydrogen (secondary N) is 1. The highest BCUT2D eigenvalue weighted by molar-refractivity contribution is 4.79. The second kappa shape index (κ2) is 5.13. The molecule has 2 rings (SSSR count). The molecule has 1 saturated carbocycles. The van der Waals surface area contributed by atoms with E-state index in [9.17, 15) is 0 Å². The zero-order valence-electron chi connectivity index (χ0n) is 9.30. The Labute approximate surface area is 87.4 Å². The maximum absolute atomic E-state index is 5.66. The van der Waals surface area contributed by atoms with Crippen molar-refractivity contribution in [1.82, 2.24) is 5.32 Å². The topological polar surface area (TPSA) is 21.3 Å². The van der Waals surface area contributed by atoms with Crippen LogP contribution in [0.4, 0.5) is 0 Å². The van der Waals surface area contributed by atoms with E-state index in [0.717, 1.165) is 18.6 Å². The van der Waals surface area contributed by atoms with Crippen LogP contribution in [0.2, 0.25) is 0 Å². The highest BCUT2D eigenvalue weighted by atomic mass is 16.5. The molecule has 0 aromatic rings. The van der Waals surface area contributed by atoms with Gasteiger partial charge in [0.25, 0.3) is 0 Å². The molecule has 0 amide bonds. The minimum atomic E-state index is 0.516. The molecule has 2 aliphatic rings. The third kappa shape index (κ3) is 2.71. The van der Waals surface area contributed by atoms with Gasteiger partial charge in [-0.1, -0.05) is 13.3 Å². The fourth-order valence-corrected chi connectivity index (χ4v) is 2.38. The normalized spacial score (nSPS) is 34.1. The lowest BCUT2D eigenvalue weighted by Crippen LogP contribution is -2.41. The van der Waals surface area contributed by atoms with E-state index >= 15 is 0 Å². The van der Waals surface area contributed by atoms with Crippen LogP contribution in [-0.4, -0.2) is 25.3 Å². The molecule has 1 aliphatic heterocycles. The smallest absolute Gasteiger partial charge is 0.0587 e. The Bertz CT molecular complexity index is 168. The van der Waals surface area contributed by atoms with Gasteiger partial charge in [0.15, 0.2) is 0 Å². The first kappa shape index (κ1) is 10.4. The molecule has 0 aromatic carbocycles. The van der Waals surface area contributed by atoms with Gasteiger partial charge < -0.3 is 10.1 Å². The molecule has 0 radical (unpaired) electrons. The van der Waals surface area contributed by atoms with Gasteiger partial charge in [-0.15, -0.1) is 0 Å². The molecule has 14 heavy (non-hydrogen) atoms. The predicted molar refractivity (Wildman–Crippen MR) is 58.4 cm³/mol. The van der Waals surface area contributed by atoms with Crippen LogP contribution in [-0.2, 0) is 4.74 Å². The molecule has 0 spiro atoms. The van der Waals surface area contributed by atoms with E-state index in [2.05, 4.69) is 12.2 Å². The van der Waals surface area contributed by atoms with Crippen molar-refractivity contribution in [3.05, 3.63) is 0 Å². The summed E-state index contributed by atoms with van der Waals surface area (Å²) in [7, 11) is 0. The molecule has 1 heterocycles. The van der Waals surface area contributed by atoms with Gasteiger partial charge in [-0.2, -0.15) is 0 Å². The molecule has 2 heteroatoms. The fraction of sp³-hybridized carbons (Fsp3) is 1.00. The summed E-state index contributed by atoms with van der Waals surface area (Å²) in [4.78, 5) is 0. The Morgan fingerprint density at radius 3 is 2.79 bits per heavy atom. The number of hydrogen-bond acceptors (Lipinski definition) is 2. The fourth-order valence-electron chi connectivity index (χ4n) is 2.38. The van der Waals surface area contributed by atoms with Crippen LogP contribution in [0.15, 0.2) is 0 Å². The summed E-state index contributed by atoms with van der Waals surface area (Å²) in [5.74, 6) is 0.984. The molecule has 1 aliphatic carbocycles. The Morgan fingerprint density at radius 2 is 2.14 bits per heavy atom. The maximum atomic E-state index is 5.66. The molecule has 2 nitrogen and oxygen atoms in total. The summed E-state index contributed by atoms with van der Waals surface area (Å²) < 4.78 is 5.66. The molecule has 2 atom stereocenters. The van der Waals surface area contributed by atoms with E-state index in [1.165, 1.54) is 45.1 Å². The molecule has 0 bridgehead atoms. The Hall–Kier alpha value is -0.0800. The van der Waals surface area contributed by atoms with Gasteiger partial charge in [-0.05, 0) is 44.6 Å². The number of ether oxygens (including phenoxy) is 1. The third-order valence-corrected chi connectivity index (χ3v) is 3.74. The van der Waals surface area contributed by atoms with E-state index in [1.54, 1.807) is 0 Å². The van der Waals surface area contributed by atoms with Crippen molar-refractivity contribution >= 4 is 0 Å². The highest BCUT2D eigenvalue weighted by Gasteiger charge is 2.23. The molecule has 0 aromatic heterocycles. The van der Waals surface area contributed by atoms with Crippen LogP contribution in [0.25, 0.3) is 0 Å².